The molecule has 2 aromatic heterocycles. The molecule has 4 heterocycles. The summed E-state index contributed by atoms with van der Waals surface area (Å²) in [7, 11) is 0. The Hall–Kier alpha value is -2.73. The third-order valence-electron chi connectivity index (χ3n) is 4.88. The second-order valence-electron chi connectivity index (χ2n) is 6.37. The molecule has 3 aromatic rings. The fourth-order valence-electron chi connectivity index (χ4n) is 3.64. The monoisotopic (exact) mass is 349 g/mol. The SMILES string of the molecule is O=C1Nc2c(sc3nc(-c4ccccc4)ccc23)C(=O)N2CCC[C@H]12. The number of amides is 2. The molecule has 0 radical (unpaired) electrons. The number of thiophene rings is 1. The van der Waals surface area contributed by atoms with Gasteiger partial charge in [0.2, 0.25) is 5.91 Å². The quantitative estimate of drug-likeness (QED) is 0.731. The molecule has 2 amide bonds. The zero-order valence-corrected chi connectivity index (χ0v) is 14.2. The molecule has 5 nitrogen and oxygen atoms in total. The highest BCUT2D eigenvalue weighted by molar-refractivity contribution is 7.21. The highest BCUT2D eigenvalue weighted by Crippen LogP contribution is 2.40. The Balaban J connectivity index is 1.66. The number of carbonyl (C=O) groups is 2. The van der Waals surface area contributed by atoms with Gasteiger partial charge < -0.3 is 10.2 Å². The zero-order valence-electron chi connectivity index (χ0n) is 13.4. The highest BCUT2D eigenvalue weighted by Gasteiger charge is 2.40. The maximum atomic E-state index is 12.9. The Morgan fingerprint density at radius 2 is 1.96 bits per heavy atom. The summed E-state index contributed by atoms with van der Waals surface area (Å²) in [6, 6.07) is 13.5. The maximum Gasteiger partial charge on any atom is 0.266 e. The van der Waals surface area contributed by atoms with E-state index in [2.05, 4.69) is 5.32 Å². The summed E-state index contributed by atoms with van der Waals surface area (Å²) in [6.07, 6.45) is 1.61. The molecule has 1 fully saturated rings. The highest BCUT2D eigenvalue weighted by atomic mass is 32.1. The summed E-state index contributed by atoms with van der Waals surface area (Å²) < 4.78 is 0. The van der Waals surface area contributed by atoms with Gasteiger partial charge in [-0.05, 0) is 25.0 Å². The smallest absolute Gasteiger partial charge is 0.266 e. The average molecular weight is 349 g/mol. The van der Waals surface area contributed by atoms with Crippen molar-refractivity contribution in [3.63, 3.8) is 0 Å². The standard InChI is InChI=1S/C19H15N3O2S/c23-17-14-7-4-10-22(14)19(24)16-15(21-17)12-8-9-13(20-18(12)25-16)11-5-2-1-3-6-11/h1-3,5-6,8-9,14H,4,7,10H2,(H,21,23)/t14-/m1/s1. The van der Waals surface area contributed by atoms with Crippen LogP contribution in [-0.2, 0) is 4.79 Å². The van der Waals surface area contributed by atoms with E-state index in [1.807, 2.05) is 42.5 Å². The van der Waals surface area contributed by atoms with Crippen LogP contribution in [0.5, 0.6) is 0 Å². The van der Waals surface area contributed by atoms with Crippen molar-refractivity contribution in [2.24, 2.45) is 0 Å². The minimum absolute atomic E-state index is 0.0555. The number of anilines is 1. The van der Waals surface area contributed by atoms with E-state index in [0.29, 0.717) is 17.1 Å². The molecule has 5 rings (SSSR count). The van der Waals surface area contributed by atoms with Gasteiger partial charge in [-0.1, -0.05) is 30.3 Å². The Kier molecular flexibility index (Phi) is 3.15. The lowest BCUT2D eigenvalue weighted by atomic mass is 10.1. The third-order valence-corrected chi connectivity index (χ3v) is 5.97. The van der Waals surface area contributed by atoms with E-state index in [0.717, 1.165) is 34.3 Å². The average Bonchev–Trinajstić information content (AvgIpc) is 3.25. The molecule has 1 saturated heterocycles. The van der Waals surface area contributed by atoms with Crippen LogP contribution in [-0.4, -0.2) is 34.3 Å². The van der Waals surface area contributed by atoms with Gasteiger partial charge in [0.05, 0.1) is 11.4 Å². The number of nitrogens with zero attached hydrogens (tertiary/aromatic N) is 2. The summed E-state index contributed by atoms with van der Waals surface area (Å²) in [5, 5.41) is 3.81. The lowest BCUT2D eigenvalue weighted by molar-refractivity contribution is -0.119. The minimum Gasteiger partial charge on any atom is -0.326 e. The Bertz CT molecular complexity index is 1010. The molecule has 124 valence electrons. The maximum absolute atomic E-state index is 12.9. The summed E-state index contributed by atoms with van der Waals surface area (Å²) in [4.78, 5) is 33.2. The van der Waals surface area contributed by atoms with Crippen LogP contribution in [0.2, 0.25) is 0 Å². The minimum atomic E-state index is -0.335. The number of hydrogen-bond donors (Lipinski definition) is 1. The molecule has 25 heavy (non-hydrogen) atoms. The number of nitrogens with one attached hydrogen (secondary N) is 1. The largest absolute Gasteiger partial charge is 0.326 e. The van der Waals surface area contributed by atoms with Gasteiger partial charge in [0.1, 0.15) is 15.7 Å². The van der Waals surface area contributed by atoms with Crippen molar-refractivity contribution in [1.29, 1.82) is 0 Å². The van der Waals surface area contributed by atoms with Crippen molar-refractivity contribution < 1.29 is 9.59 Å². The van der Waals surface area contributed by atoms with Gasteiger partial charge in [-0.25, -0.2) is 4.98 Å². The number of carbonyl (C=O) groups excluding carboxylic acids is 2. The van der Waals surface area contributed by atoms with Gasteiger partial charge in [-0.3, -0.25) is 9.59 Å². The molecule has 1 atom stereocenters. The molecule has 0 aliphatic carbocycles. The second kappa shape index (κ2) is 5.39. The van der Waals surface area contributed by atoms with E-state index in [4.69, 9.17) is 4.98 Å². The normalized spacial score (nSPS) is 19.5. The van der Waals surface area contributed by atoms with E-state index in [-0.39, 0.29) is 17.9 Å². The van der Waals surface area contributed by atoms with Crippen LogP contribution >= 0.6 is 11.3 Å². The van der Waals surface area contributed by atoms with Crippen molar-refractivity contribution >= 4 is 39.1 Å². The summed E-state index contributed by atoms with van der Waals surface area (Å²) in [5.41, 5.74) is 2.52. The summed E-state index contributed by atoms with van der Waals surface area (Å²) >= 11 is 1.36. The molecule has 0 saturated carbocycles. The van der Waals surface area contributed by atoms with E-state index in [1.165, 1.54) is 11.3 Å². The molecule has 1 aromatic carbocycles. The van der Waals surface area contributed by atoms with Crippen LogP contribution in [0.4, 0.5) is 5.69 Å². The van der Waals surface area contributed by atoms with E-state index in [1.54, 1.807) is 4.90 Å². The topological polar surface area (TPSA) is 62.3 Å². The molecular formula is C19H15N3O2S. The first-order chi connectivity index (χ1) is 12.2. The third kappa shape index (κ3) is 2.17. The van der Waals surface area contributed by atoms with Crippen molar-refractivity contribution in [2.45, 2.75) is 18.9 Å². The predicted octanol–water partition coefficient (Wildman–Crippen LogP) is 3.52. The van der Waals surface area contributed by atoms with Crippen LogP contribution in [0, 0.1) is 0 Å². The fourth-order valence-corrected chi connectivity index (χ4v) is 4.73. The van der Waals surface area contributed by atoms with Crippen LogP contribution in [0.15, 0.2) is 42.5 Å². The second-order valence-corrected chi connectivity index (χ2v) is 7.37. The van der Waals surface area contributed by atoms with Gasteiger partial charge in [-0.2, -0.15) is 0 Å². The van der Waals surface area contributed by atoms with E-state index in [9.17, 15) is 9.59 Å². The lowest BCUT2D eigenvalue weighted by Crippen LogP contribution is -2.40. The van der Waals surface area contributed by atoms with Crippen LogP contribution in [0.3, 0.4) is 0 Å². The van der Waals surface area contributed by atoms with Crippen molar-refractivity contribution in [2.75, 3.05) is 11.9 Å². The van der Waals surface area contributed by atoms with Crippen molar-refractivity contribution in [3.05, 3.63) is 47.3 Å². The molecule has 2 aliphatic heterocycles. The Labute approximate surface area is 148 Å². The van der Waals surface area contributed by atoms with Crippen LogP contribution in [0.25, 0.3) is 21.5 Å². The fraction of sp³-hybridized carbons (Fsp3) is 0.211. The molecule has 2 aliphatic rings. The van der Waals surface area contributed by atoms with Gasteiger partial charge in [-0.15, -0.1) is 11.3 Å². The summed E-state index contributed by atoms with van der Waals surface area (Å²) in [6.45, 7) is 0.646. The lowest BCUT2D eigenvalue weighted by Gasteiger charge is -2.19. The number of hydrogen-bond acceptors (Lipinski definition) is 4. The first kappa shape index (κ1) is 14.6. The number of benzene rings is 1. The first-order valence-electron chi connectivity index (χ1n) is 8.33. The molecule has 1 N–H and O–H groups in total. The van der Waals surface area contributed by atoms with Crippen LogP contribution in [0.1, 0.15) is 22.5 Å². The molecule has 0 bridgehead atoms. The number of fused-ring (bicyclic) bond motifs is 4. The van der Waals surface area contributed by atoms with Gasteiger partial charge in [0, 0.05) is 17.5 Å². The number of pyridine rings is 1. The van der Waals surface area contributed by atoms with E-state index >= 15 is 0 Å². The predicted molar refractivity (Wildman–Crippen MR) is 97.7 cm³/mol. The van der Waals surface area contributed by atoms with Gasteiger partial charge in [0.15, 0.2) is 0 Å². The summed E-state index contributed by atoms with van der Waals surface area (Å²) in [5.74, 6) is -0.142. The van der Waals surface area contributed by atoms with Gasteiger partial charge >= 0.3 is 0 Å². The Morgan fingerprint density at radius 3 is 2.80 bits per heavy atom. The van der Waals surface area contributed by atoms with E-state index < -0.39 is 0 Å². The molecule has 0 spiro atoms. The molecule has 0 unspecified atom stereocenters. The number of rotatable bonds is 1. The van der Waals surface area contributed by atoms with Crippen molar-refractivity contribution in [3.8, 4) is 11.3 Å². The first-order valence-corrected chi connectivity index (χ1v) is 9.15. The Morgan fingerprint density at radius 1 is 1.12 bits per heavy atom. The van der Waals surface area contributed by atoms with Crippen LogP contribution < -0.4 is 5.32 Å². The molecule has 6 heteroatoms. The van der Waals surface area contributed by atoms with Gasteiger partial charge in [0.25, 0.3) is 5.91 Å². The number of aromatic nitrogens is 1. The zero-order chi connectivity index (χ0) is 17.0. The molecular weight excluding hydrogens is 334 g/mol. The van der Waals surface area contributed by atoms with Crippen molar-refractivity contribution in [1.82, 2.24) is 9.88 Å².